The van der Waals surface area contributed by atoms with Crippen molar-refractivity contribution in [2.45, 2.75) is 26.8 Å². The minimum atomic E-state index is 0.806. The standard InChI is InChI=1S/C15H23N3O/c1-3-19-12-6-9-16-10-11-18-13(2)17-14-7-4-5-8-15(14)18/h4-5,7-8,16H,3,6,9-12H2,1-2H3. The van der Waals surface area contributed by atoms with Crippen molar-refractivity contribution >= 4 is 11.0 Å². The fourth-order valence-corrected chi connectivity index (χ4v) is 2.24. The Kier molecular flexibility index (Phi) is 5.36. The molecule has 1 N–H and O–H groups in total. The Bertz CT molecular complexity index is 507. The average Bonchev–Trinajstić information content (AvgIpc) is 2.74. The minimum absolute atomic E-state index is 0.806. The Hall–Kier alpha value is -1.39. The van der Waals surface area contributed by atoms with Gasteiger partial charge in [-0.1, -0.05) is 12.1 Å². The summed E-state index contributed by atoms with van der Waals surface area (Å²) in [6.07, 6.45) is 1.07. The molecule has 0 spiro atoms. The van der Waals surface area contributed by atoms with Crippen molar-refractivity contribution in [3.05, 3.63) is 30.1 Å². The lowest BCUT2D eigenvalue weighted by Gasteiger charge is -2.08. The topological polar surface area (TPSA) is 39.1 Å². The molecule has 0 fully saturated rings. The van der Waals surface area contributed by atoms with Gasteiger partial charge in [-0.2, -0.15) is 0 Å². The van der Waals surface area contributed by atoms with Crippen LogP contribution >= 0.6 is 0 Å². The molecule has 0 bridgehead atoms. The molecular formula is C15H23N3O. The zero-order valence-electron chi connectivity index (χ0n) is 11.9. The maximum absolute atomic E-state index is 5.31. The largest absolute Gasteiger partial charge is 0.382 e. The molecule has 4 heteroatoms. The number of aromatic nitrogens is 2. The van der Waals surface area contributed by atoms with Crippen LogP contribution in [0.5, 0.6) is 0 Å². The van der Waals surface area contributed by atoms with Crippen molar-refractivity contribution in [3.8, 4) is 0 Å². The fraction of sp³-hybridized carbons (Fsp3) is 0.533. The first-order valence-corrected chi connectivity index (χ1v) is 7.03. The molecule has 0 unspecified atom stereocenters. The van der Waals surface area contributed by atoms with Gasteiger partial charge in [-0.15, -0.1) is 0 Å². The van der Waals surface area contributed by atoms with E-state index in [1.54, 1.807) is 0 Å². The molecule has 0 atom stereocenters. The summed E-state index contributed by atoms with van der Waals surface area (Å²) in [5, 5.41) is 3.45. The van der Waals surface area contributed by atoms with Crippen LogP contribution in [0.15, 0.2) is 24.3 Å². The zero-order valence-corrected chi connectivity index (χ0v) is 11.9. The van der Waals surface area contributed by atoms with Gasteiger partial charge in [0.25, 0.3) is 0 Å². The van der Waals surface area contributed by atoms with Gasteiger partial charge in [0, 0.05) is 26.3 Å². The third-order valence-electron chi connectivity index (χ3n) is 3.20. The lowest BCUT2D eigenvalue weighted by atomic mass is 10.3. The van der Waals surface area contributed by atoms with Crippen LogP contribution in [0.1, 0.15) is 19.2 Å². The Morgan fingerprint density at radius 2 is 2.11 bits per heavy atom. The monoisotopic (exact) mass is 261 g/mol. The van der Waals surface area contributed by atoms with E-state index >= 15 is 0 Å². The number of fused-ring (bicyclic) bond motifs is 1. The maximum Gasteiger partial charge on any atom is 0.106 e. The summed E-state index contributed by atoms with van der Waals surface area (Å²) in [6, 6.07) is 8.29. The molecule has 1 aromatic carbocycles. The first-order chi connectivity index (χ1) is 9.33. The molecular weight excluding hydrogens is 238 g/mol. The van der Waals surface area contributed by atoms with E-state index in [0.717, 1.165) is 50.6 Å². The number of benzene rings is 1. The summed E-state index contributed by atoms with van der Waals surface area (Å²) in [6.45, 7) is 8.67. The van der Waals surface area contributed by atoms with Crippen molar-refractivity contribution < 1.29 is 4.74 Å². The van der Waals surface area contributed by atoms with Gasteiger partial charge in [0.2, 0.25) is 0 Å². The molecule has 19 heavy (non-hydrogen) atoms. The number of imidazole rings is 1. The van der Waals surface area contributed by atoms with E-state index in [2.05, 4.69) is 40.0 Å². The smallest absolute Gasteiger partial charge is 0.106 e. The summed E-state index contributed by atoms with van der Waals surface area (Å²) >= 11 is 0. The minimum Gasteiger partial charge on any atom is -0.382 e. The van der Waals surface area contributed by atoms with E-state index in [0.29, 0.717) is 0 Å². The summed E-state index contributed by atoms with van der Waals surface area (Å²) in [5.74, 6) is 1.08. The molecule has 2 aromatic rings. The quantitative estimate of drug-likeness (QED) is 0.741. The SMILES string of the molecule is CCOCCCNCCn1c(C)nc2ccccc21. The highest BCUT2D eigenvalue weighted by molar-refractivity contribution is 5.75. The number of hydrogen-bond acceptors (Lipinski definition) is 3. The Balaban J connectivity index is 1.80. The average molecular weight is 261 g/mol. The number of nitrogens with zero attached hydrogens (tertiary/aromatic N) is 2. The molecule has 0 aliphatic carbocycles. The summed E-state index contributed by atoms with van der Waals surface area (Å²) in [5.41, 5.74) is 2.30. The molecule has 0 saturated heterocycles. The second-order valence-corrected chi connectivity index (χ2v) is 4.60. The molecule has 0 aliphatic rings. The number of aryl methyl sites for hydroxylation is 1. The van der Waals surface area contributed by atoms with Crippen LogP contribution in [-0.4, -0.2) is 35.9 Å². The maximum atomic E-state index is 5.31. The molecule has 1 aromatic heterocycles. The van der Waals surface area contributed by atoms with Crippen molar-refractivity contribution in [3.63, 3.8) is 0 Å². The van der Waals surface area contributed by atoms with Gasteiger partial charge in [-0.3, -0.25) is 0 Å². The third-order valence-corrected chi connectivity index (χ3v) is 3.20. The van der Waals surface area contributed by atoms with Gasteiger partial charge in [0.15, 0.2) is 0 Å². The van der Waals surface area contributed by atoms with Crippen LogP contribution in [0.4, 0.5) is 0 Å². The number of ether oxygens (including phenoxy) is 1. The number of rotatable bonds is 8. The third kappa shape index (κ3) is 3.78. The van der Waals surface area contributed by atoms with Crippen molar-refractivity contribution in [1.29, 1.82) is 0 Å². The fourth-order valence-electron chi connectivity index (χ4n) is 2.24. The van der Waals surface area contributed by atoms with E-state index in [1.165, 1.54) is 5.52 Å². The first-order valence-electron chi connectivity index (χ1n) is 7.03. The Morgan fingerprint density at radius 1 is 1.26 bits per heavy atom. The van der Waals surface area contributed by atoms with Crippen LogP contribution in [0.3, 0.4) is 0 Å². The van der Waals surface area contributed by atoms with E-state index in [1.807, 2.05) is 13.0 Å². The second kappa shape index (κ2) is 7.26. The molecule has 104 valence electrons. The molecule has 1 heterocycles. The van der Waals surface area contributed by atoms with Crippen molar-refractivity contribution in [1.82, 2.24) is 14.9 Å². The zero-order chi connectivity index (χ0) is 13.5. The second-order valence-electron chi connectivity index (χ2n) is 4.60. The normalized spacial score (nSPS) is 11.3. The van der Waals surface area contributed by atoms with Gasteiger partial charge >= 0.3 is 0 Å². The molecule has 2 rings (SSSR count). The van der Waals surface area contributed by atoms with Crippen molar-refractivity contribution in [2.75, 3.05) is 26.3 Å². The van der Waals surface area contributed by atoms with Gasteiger partial charge in [0.1, 0.15) is 5.82 Å². The van der Waals surface area contributed by atoms with Crippen LogP contribution < -0.4 is 5.32 Å². The predicted octanol–water partition coefficient (Wildman–Crippen LogP) is 2.36. The van der Waals surface area contributed by atoms with Crippen LogP contribution in [0.2, 0.25) is 0 Å². The summed E-state index contributed by atoms with van der Waals surface area (Å²) in [4.78, 5) is 4.57. The van der Waals surface area contributed by atoms with Crippen LogP contribution in [0, 0.1) is 6.92 Å². The van der Waals surface area contributed by atoms with Gasteiger partial charge in [-0.25, -0.2) is 4.98 Å². The van der Waals surface area contributed by atoms with Gasteiger partial charge < -0.3 is 14.6 Å². The lowest BCUT2D eigenvalue weighted by Crippen LogP contribution is -2.22. The molecule has 0 amide bonds. The molecule has 4 nitrogen and oxygen atoms in total. The van der Waals surface area contributed by atoms with E-state index < -0.39 is 0 Å². The molecule has 0 aliphatic heterocycles. The lowest BCUT2D eigenvalue weighted by molar-refractivity contribution is 0.145. The summed E-state index contributed by atoms with van der Waals surface area (Å²) in [7, 11) is 0. The Labute approximate surface area is 114 Å². The molecule has 0 radical (unpaired) electrons. The number of nitrogens with one attached hydrogen (secondary N) is 1. The Morgan fingerprint density at radius 3 is 2.95 bits per heavy atom. The summed E-state index contributed by atoms with van der Waals surface area (Å²) < 4.78 is 7.58. The molecule has 0 saturated carbocycles. The van der Waals surface area contributed by atoms with Crippen molar-refractivity contribution in [2.24, 2.45) is 0 Å². The predicted molar refractivity (Wildman–Crippen MR) is 78.4 cm³/mol. The first kappa shape index (κ1) is 14.0. The van der Waals surface area contributed by atoms with Crippen LogP contribution in [-0.2, 0) is 11.3 Å². The van der Waals surface area contributed by atoms with Crippen LogP contribution in [0.25, 0.3) is 11.0 Å². The highest BCUT2D eigenvalue weighted by Gasteiger charge is 2.05. The van der Waals surface area contributed by atoms with Gasteiger partial charge in [0.05, 0.1) is 11.0 Å². The van der Waals surface area contributed by atoms with E-state index in [-0.39, 0.29) is 0 Å². The van der Waals surface area contributed by atoms with E-state index in [9.17, 15) is 0 Å². The number of para-hydroxylation sites is 2. The number of hydrogen-bond donors (Lipinski definition) is 1. The van der Waals surface area contributed by atoms with Gasteiger partial charge in [-0.05, 0) is 38.9 Å². The highest BCUT2D eigenvalue weighted by Crippen LogP contribution is 2.14. The highest BCUT2D eigenvalue weighted by atomic mass is 16.5. The van der Waals surface area contributed by atoms with E-state index in [4.69, 9.17) is 4.74 Å².